The van der Waals surface area contributed by atoms with Crippen LogP contribution in [-0.4, -0.2) is 23.7 Å². The van der Waals surface area contributed by atoms with Gasteiger partial charge < -0.3 is 10.4 Å². The lowest BCUT2D eigenvalue weighted by Gasteiger charge is -2.04. The zero-order valence-electron chi connectivity index (χ0n) is 9.99. The molecule has 0 spiro atoms. The molecule has 0 saturated heterocycles. The third kappa shape index (κ3) is 5.54. The Morgan fingerprint density at radius 1 is 1.50 bits per heavy atom. The molecule has 5 heteroatoms. The molecule has 0 saturated carbocycles. The Labute approximate surface area is 116 Å². The van der Waals surface area contributed by atoms with Crippen LogP contribution in [0.1, 0.15) is 18.9 Å². The van der Waals surface area contributed by atoms with Gasteiger partial charge in [-0.25, -0.2) is 0 Å². The molecule has 0 aliphatic rings. The van der Waals surface area contributed by atoms with Gasteiger partial charge in [-0.2, -0.15) is 0 Å². The first kappa shape index (κ1) is 15.0. The predicted octanol–water partition coefficient (Wildman–Crippen LogP) is 2.89. The molecule has 1 unspecified atom stereocenters. The number of nitrogens with one attached hydrogen (secondary N) is 1. The minimum absolute atomic E-state index is 0.230. The Bertz CT molecular complexity index is 445. The quantitative estimate of drug-likeness (QED) is 0.818. The molecule has 0 aromatic heterocycles. The fourth-order valence-electron chi connectivity index (χ4n) is 1.27. The van der Waals surface area contributed by atoms with Gasteiger partial charge in [-0.3, -0.25) is 4.79 Å². The molecule has 1 aromatic carbocycles. The van der Waals surface area contributed by atoms with Gasteiger partial charge in [0.15, 0.2) is 0 Å². The average molecular weight is 288 g/mol. The smallest absolute Gasteiger partial charge is 0.244 e. The van der Waals surface area contributed by atoms with E-state index in [0.29, 0.717) is 28.6 Å². The zero-order chi connectivity index (χ0) is 13.5. The number of aliphatic hydroxyl groups excluding tert-OH is 1. The Morgan fingerprint density at radius 3 is 2.89 bits per heavy atom. The van der Waals surface area contributed by atoms with Crippen molar-refractivity contribution < 1.29 is 9.90 Å². The lowest BCUT2D eigenvalue weighted by molar-refractivity contribution is -0.116. The van der Waals surface area contributed by atoms with Gasteiger partial charge in [0, 0.05) is 22.7 Å². The first-order valence-electron chi connectivity index (χ1n) is 5.58. The van der Waals surface area contributed by atoms with E-state index in [1.54, 1.807) is 31.2 Å². The maximum Gasteiger partial charge on any atom is 0.244 e. The second-order valence-electron chi connectivity index (χ2n) is 3.93. The van der Waals surface area contributed by atoms with E-state index in [4.69, 9.17) is 28.3 Å². The number of halogens is 2. The summed E-state index contributed by atoms with van der Waals surface area (Å²) < 4.78 is 0. The summed E-state index contributed by atoms with van der Waals surface area (Å²) in [4.78, 5) is 11.4. The number of aliphatic hydroxyl groups is 1. The van der Waals surface area contributed by atoms with Gasteiger partial charge in [0.2, 0.25) is 5.91 Å². The molecule has 0 radical (unpaired) electrons. The standard InChI is InChI=1S/C13H15Cl2NO2/c1-9(17)6-7-16-13(18)5-2-10-8-11(14)3-4-12(10)15/h2-5,8-9,17H,6-7H2,1H3,(H,16,18). The topological polar surface area (TPSA) is 49.3 Å². The van der Waals surface area contributed by atoms with Crippen LogP contribution < -0.4 is 5.32 Å². The molecule has 1 rings (SSSR count). The molecule has 1 atom stereocenters. The molecule has 0 bridgehead atoms. The highest BCUT2D eigenvalue weighted by Gasteiger charge is 2.00. The number of amides is 1. The Hall–Kier alpha value is -1.03. The summed E-state index contributed by atoms with van der Waals surface area (Å²) in [7, 11) is 0. The van der Waals surface area contributed by atoms with Crippen molar-refractivity contribution in [2.24, 2.45) is 0 Å². The number of hydrogen-bond donors (Lipinski definition) is 2. The summed E-state index contributed by atoms with van der Waals surface area (Å²) in [6.07, 6.45) is 3.10. The van der Waals surface area contributed by atoms with Gasteiger partial charge in [0.1, 0.15) is 0 Å². The molecule has 98 valence electrons. The fourth-order valence-corrected chi connectivity index (χ4v) is 1.63. The van der Waals surface area contributed by atoms with Crippen LogP contribution in [0.15, 0.2) is 24.3 Å². The summed E-state index contributed by atoms with van der Waals surface area (Å²) in [5.74, 6) is -0.230. The Morgan fingerprint density at radius 2 is 2.22 bits per heavy atom. The highest BCUT2D eigenvalue weighted by atomic mass is 35.5. The molecule has 0 heterocycles. The molecular formula is C13H15Cl2NO2. The molecule has 18 heavy (non-hydrogen) atoms. The van der Waals surface area contributed by atoms with Crippen LogP contribution in [0.25, 0.3) is 6.08 Å². The zero-order valence-corrected chi connectivity index (χ0v) is 11.5. The van der Waals surface area contributed by atoms with E-state index < -0.39 is 6.10 Å². The van der Waals surface area contributed by atoms with Crippen LogP contribution in [0.5, 0.6) is 0 Å². The lowest BCUT2D eigenvalue weighted by atomic mass is 10.2. The number of hydrogen-bond acceptors (Lipinski definition) is 2. The van der Waals surface area contributed by atoms with Crippen LogP contribution in [-0.2, 0) is 4.79 Å². The van der Waals surface area contributed by atoms with Crippen molar-refractivity contribution in [3.8, 4) is 0 Å². The van der Waals surface area contributed by atoms with Crippen molar-refractivity contribution in [1.82, 2.24) is 5.32 Å². The summed E-state index contributed by atoms with van der Waals surface area (Å²) in [6.45, 7) is 2.11. The summed E-state index contributed by atoms with van der Waals surface area (Å²) in [5.41, 5.74) is 0.690. The minimum atomic E-state index is -0.420. The molecule has 0 aliphatic carbocycles. The molecule has 3 nitrogen and oxygen atoms in total. The van der Waals surface area contributed by atoms with Gasteiger partial charge in [-0.15, -0.1) is 0 Å². The van der Waals surface area contributed by atoms with E-state index in [1.807, 2.05) is 0 Å². The van der Waals surface area contributed by atoms with E-state index in [1.165, 1.54) is 6.08 Å². The van der Waals surface area contributed by atoms with E-state index in [2.05, 4.69) is 5.32 Å². The second-order valence-corrected chi connectivity index (χ2v) is 4.77. The van der Waals surface area contributed by atoms with Gasteiger partial charge in [-0.05, 0) is 43.2 Å². The third-order valence-corrected chi connectivity index (χ3v) is 2.81. The van der Waals surface area contributed by atoms with Crippen molar-refractivity contribution in [2.45, 2.75) is 19.4 Å². The van der Waals surface area contributed by atoms with Crippen LogP contribution in [0.3, 0.4) is 0 Å². The van der Waals surface area contributed by atoms with Crippen molar-refractivity contribution in [3.05, 3.63) is 39.9 Å². The van der Waals surface area contributed by atoms with Gasteiger partial charge in [-0.1, -0.05) is 23.2 Å². The van der Waals surface area contributed by atoms with Gasteiger partial charge in [0.05, 0.1) is 6.10 Å². The molecular weight excluding hydrogens is 273 g/mol. The maximum atomic E-state index is 11.4. The van der Waals surface area contributed by atoms with E-state index >= 15 is 0 Å². The summed E-state index contributed by atoms with van der Waals surface area (Å²) in [6, 6.07) is 5.04. The van der Waals surface area contributed by atoms with Gasteiger partial charge >= 0.3 is 0 Å². The molecule has 1 amide bonds. The number of carbonyl (C=O) groups excluding carboxylic acids is 1. The number of rotatable bonds is 5. The normalized spacial score (nSPS) is 12.7. The van der Waals surface area contributed by atoms with Crippen LogP contribution >= 0.6 is 23.2 Å². The van der Waals surface area contributed by atoms with Crippen LogP contribution in [0.2, 0.25) is 10.0 Å². The largest absolute Gasteiger partial charge is 0.393 e. The lowest BCUT2D eigenvalue weighted by Crippen LogP contribution is -2.24. The third-order valence-electron chi connectivity index (χ3n) is 2.23. The molecule has 1 aromatic rings. The number of benzene rings is 1. The molecule has 0 aliphatic heterocycles. The van der Waals surface area contributed by atoms with Gasteiger partial charge in [0.25, 0.3) is 0 Å². The Balaban J connectivity index is 2.53. The van der Waals surface area contributed by atoms with Crippen molar-refractivity contribution in [1.29, 1.82) is 0 Å². The molecule has 2 N–H and O–H groups in total. The average Bonchev–Trinajstić information content (AvgIpc) is 2.30. The number of carbonyl (C=O) groups is 1. The van der Waals surface area contributed by atoms with Crippen molar-refractivity contribution >= 4 is 35.2 Å². The molecule has 0 fully saturated rings. The van der Waals surface area contributed by atoms with E-state index in [-0.39, 0.29) is 5.91 Å². The highest BCUT2D eigenvalue weighted by molar-refractivity contribution is 6.34. The first-order chi connectivity index (χ1) is 8.49. The Kier molecular flexibility index (Phi) is 6.19. The van der Waals surface area contributed by atoms with Crippen molar-refractivity contribution in [2.75, 3.05) is 6.54 Å². The second kappa shape index (κ2) is 7.41. The summed E-state index contributed by atoms with van der Waals surface area (Å²) in [5, 5.41) is 12.8. The first-order valence-corrected chi connectivity index (χ1v) is 6.33. The van der Waals surface area contributed by atoms with Crippen LogP contribution in [0.4, 0.5) is 0 Å². The minimum Gasteiger partial charge on any atom is -0.393 e. The monoisotopic (exact) mass is 287 g/mol. The summed E-state index contributed by atoms with van der Waals surface area (Å²) >= 11 is 11.8. The van der Waals surface area contributed by atoms with Crippen molar-refractivity contribution in [3.63, 3.8) is 0 Å². The SMILES string of the molecule is CC(O)CCNC(=O)C=Cc1cc(Cl)ccc1Cl. The predicted molar refractivity (Wildman–Crippen MR) is 74.8 cm³/mol. The highest BCUT2D eigenvalue weighted by Crippen LogP contribution is 2.21. The maximum absolute atomic E-state index is 11.4. The van der Waals surface area contributed by atoms with E-state index in [9.17, 15) is 4.79 Å². The van der Waals surface area contributed by atoms with E-state index in [0.717, 1.165) is 0 Å². The fraction of sp³-hybridized carbons (Fsp3) is 0.308. The van der Waals surface area contributed by atoms with Crippen LogP contribution in [0, 0.1) is 0 Å².